The van der Waals surface area contributed by atoms with Crippen LogP contribution in [0.15, 0.2) is 41.8 Å². The van der Waals surface area contributed by atoms with E-state index in [2.05, 4.69) is 11.3 Å². The van der Waals surface area contributed by atoms with Crippen LogP contribution >= 0.6 is 0 Å². The average molecular weight is 267 g/mol. The number of allylic oxidation sites excluding steroid dienone is 1. The van der Waals surface area contributed by atoms with E-state index in [1.54, 1.807) is 30.3 Å². The molecule has 0 aliphatic rings. The lowest BCUT2D eigenvalue weighted by Gasteiger charge is -2.23. The van der Waals surface area contributed by atoms with Crippen molar-refractivity contribution in [3.05, 3.63) is 42.5 Å². The first-order chi connectivity index (χ1) is 8.27. The molecule has 18 heavy (non-hydrogen) atoms. The molecule has 100 valence electrons. The van der Waals surface area contributed by atoms with Gasteiger partial charge in [-0.2, -0.15) is 0 Å². The third-order valence-electron chi connectivity index (χ3n) is 2.77. The number of hydrogen-bond donors (Lipinski definition) is 1. The standard InChI is InChI=1S/C14H21NO2S/c1-5-10-14(3,4)11-15-18(16,17)13-8-6-12(2)7-9-13/h5-9,15H,1,10-11H2,2-4H3. The van der Waals surface area contributed by atoms with Crippen LogP contribution in [0.5, 0.6) is 0 Å². The van der Waals surface area contributed by atoms with Crippen LogP contribution in [0.1, 0.15) is 25.8 Å². The third kappa shape index (κ3) is 4.27. The van der Waals surface area contributed by atoms with Crippen molar-refractivity contribution in [1.82, 2.24) is 4.72 Å². The molecular weight excluding hydrogens is 246 g/mol. The lowest BCUT2D eigenvalue weighted by molar-refractivity contribution is 0.369. The molecule has 1 rings (SSSR count). The minimum atomic E-state index is -3.41. The summed E-state index contributed by atoms with van der Waals surface area (Å²) in [6.07, 6.45) is 2.57. The normalized spacial score (nSPS) is 12.4. The molecule has 1 N–H and O–H groups in total. The molecule has 0 saturated heterocycles. The van der Waals surface area contributed by atoms with Crippen LogP contribution in [0.4, 0.5) is 0 Å². The first-order valence-electron chi connectivity index (χ1n) is 5.94. The largest absolute Gasteiger partial charge is 0.240 e. The Morgan fingerprint density at radius 1 is 1.28 bits per heavy atom. The molecule has 0 spiro atoms. The maximum Gasteiger partial charge on any atom is 0.240 e. The van der Waals surface area contributed by atoms with E-state index in [4.69, 9.17) is 0 Å². The lowest BCUT2D eigenvalue weighted by Crippen LogP contribution is -2.33. The zero-order valence-corrected chi connectivity index (χ0v) is 12.0. The van der Waals surface area contributed by atoms with Crippen molar-refractivity contribution in [2.75, 3.05) is 6.54 Å². The zero-order valence-electron chi connectivity index (χ0n) is 11.2. The van der Waals surface area contributed by atoms with Crippen molar-refractivity contribution in [1.29, 1.82) is 0 Å². The summed E-state index contributed by atoms with van der Waals surface area (Å²) in [6.45, 7) is 10.0. The third-order valence-corrected chi connectivity index (χ3v) is 4.19. The van der Waals surface area contributed by atoms with Gasteiger partial charge < -0.3 is 0 Å². The maximum absolute atomic E-state index is 12.1. The van der Waals surface area contributed by atoms with Crippen LogP contribution in [0.3, 0.4) is 0 Å². The first kappa shape index (κ1) is 14.9. The molecule has 0 heterocycles. The summed E-state index contributed by atoms with van der Waals surface area (Å²) >= 11 is 0. The molecule has 1 aromatic rings. The van der Waals surface area contributed by atoms with Crippen molar-refractivity contribution in [3.63, 3.8) is 0 Å². The predicted octanol–water partition coefficient (Wildman–Crippen LogP) is 2.88. The molecule has 0 aliphatic carbocycles. The van der Waals surface area contributed by atoms with E-state index < -0.39 is 10.0 Å². The van der Waals surface area contributed by atoms with Crippen molar-refractivity contribution in [2.24, 2.45) is 5.41 Å². The number of benzene rings is 1. The fourth-order valence-electron chi connectivity index (χ4n) is 1.55. The number of rotatable bonds is 6. The van der Waals surface area contributed by atoms with Crippen LogP contribution in [0, 0.1) is 12.3 Å². The summed E-state index contributed by atoms with van der Waals surface area (Å²) in [4.78, 5) is 0.308. The Labute approximate surface area is 110 Å². The van der Waals surface area contributed by atoms with Crippen molar-refractivity contribution >= 4 is 10.0 Å². The quantitative estimate of drug-likeness (QED) is 0.806. The van der Waals surface area contributed by atoms with Gasteiger partial charge in [-0.15, -0.1) is 6.58 Å². The van der Waals surface area contributed by atoms with Crippen LogP contribution < -0.4 is 4.72 Å². The monoisotopic (exact) mass is 267 g/mol. The van der Waals surface area contributed by atoms with Gasteiger partial charge in [0.2, 0.25) is 10.0 Å². The van der Waals surface area contributed by atoms with E-state index in [-0.39, 0.29) is 5.41 Å². The van der Waals surface area contributed by atoms with E-state index in [0.29, 0.717) is 11.4 Å². The van der Waals surface area contributed by atoms with Gasteiger partial charge in [0, 0.05) is 6.54 Å². The second kappa shape index (κ2) is 5.67. The summed E-state index contributed by atoms with van der Waals surface area (Å²) < 4.78 is 26.8. The Balaban J connectivity index is 2.77. The van der Waals surface area contributed by atoms with Crippen LogP contribution in [0.2, 0.25) is 0 Å². The highest BCUT2D eigenvalue weighted by Gasteiger charge is 2.21. The highest BCUT2D eigenvalue weighted by Crippen LogP contribution is 2.20. The minimum absolute atomic E-state index is 0.125. The summed E-state index contributed by atoms with van der Waals surface area (Å²) in [5.74, 6) is 0. The van der Waals surface area contributed by atoms with Crippen LogP contribution in [-0.2, 0) is 10.0 Å². The molecule has 0 radical (unpaired) electrons. The summed E-state index contributed by atoms with van der Waals surface area (Å²) in [5, 5.41) is 0. The first-order valence-corrected chi connectivity index (χ1v) is 7.42. The van der Waals surface area contributed by atoms with Gasteiger partial charge in [-0.1, -0.05) is 37.6 Å². The van der Waals surface area contributed by atoms with Crippen molar-refractivity contribution in [2.45, 2.75) is 32.1 Å². The van der Waals surface area contributed by atoms with E-state index in [9.17, 15) is 8.42 Å². The van der Waals surface area contributed by atoms with Crippen LogP contribution in [-0.4, -0.2) is 15.0 Å². The van der Waals surface area contributed by atoms with E-state index >= 15 is 0 Å². The van der Waals surface area contributed by atoms with Gasteiger partial charge in [0.05, 0.1) is 4.90 Å². The highest BCUT2D eigenvalue weighted by atomic mass is 32.2. The Kier molecular flexibility index (Phi) is 4.71. The maximum atomic E-state index is 12.1. The molecule has 4 heteroatoms. The molecular formula is C14H21NO2S. The Bertz CT molecular complexity index is 501. The second-order valence-electron chi connectivity index (χ2n) is 5.29. The Hall–Kier alpha value is -1.13. The SMILES string of the molecule is C=CCC(C)(C)CNS(=O)(=O)c1ccc(C)cc1. The lowest BCUT2D eigenvalue weighted by atomic mass is 9.90. The van der Waals surface area contributed by atoms with E-state index in [0.717, 1.165) is 12.0 Å². The number of hydrogen-bond acceptors (Lipinski definition) is 2. The predicted molar refractivity (Wildman–Crippen MR) is 75.0 cm³/mol. The molecule has 0 aliphatic heterocycles. The molecule has 3 nitrogen and oxygen atoms in total. The fourth-order valence-corrected chi connectivity index (χ4v) is 2.80. The number of nitrogens with one attached hydrogen (secondary N) is 1. The van der Waals surface area contributed by atoms with E-state index in [1.165, 1.54) is 0 Å². The van der Waals surface area contributed by atoms with Gasteiger partial charge in [0.15, 0.2) is 0 Å². The average Bonchev–Trinajstić information content (AvgIpc) is 2.27. The molecule has 0 saturated carbocycles. The summed E-state index contributed by atoms with van der Waals surface area (Å²) in [5.41, 5.74) is 0.917. The highest BCUT2D eigenvalue weighted by molar-refractivity contribution is 7.89. The van der Waals surface area contributed by atoms with Gasteiger partial charge in [-0.05, 0) is 30.9 Å². The second-order valence-corrected chi connectivity index (χ2v) is 7.06. The molecule has 0 aromatic heterocycles. The Morgan fingerprint density at radius 2 is 1.83 bits per heavy atom. The van der Waals surface area contributed by atoms with Gasteiger partial charge in [0.25, 0.3) is 0 Å². The molecule has 0 bridgehead atoms. The number of sulfonamides is 1. The molecule has 0 amide bonds. The van der Waals surface area contributed by atoms with Crippen molar-refractivity contribution in [3.8, 4) is 0 Å². The summed E-state index contributed by atoms with van der Waals surface area (Å²) in [7, 11) is -3.41. The van der Waals surface area contributed by atoms with Crippen molar-refractivity contribution < 1.29 is 8.42 Å². The smallest absolute Gasteiger partial charge is 0.211 e. The van der Waals surface area contributed by atoms with Gasteiger partial charge in [0.1, 0.15) is 0 Å². The van der Waals surface area contributed by atoms with Gasteiger partial charge in [-0.3, -0.25) is 0 Å². The van der Waals surface area contributed by atoms with E-state index in [1.807, 2.05) is 20.8 Å². The molecule has 0 fully saturated rings. The molecule has 0 unspecified atom stereocenters. The summed E-state index contributed by atoms with van der Waals surface area (Å²) in [6, 6.07) is 6.84. The van der Waals surface area contributed by atoms with Gasteiger partial charge >= 0.3 is 0 Å². The molecule has 1 aromatic carbocycles. The minimum Gasteiger partial charge on any atom is -0.211 e. The number of aryl methyl sites for hydroxylation is 1. The topological polar surface area (TPSA) is 46.2 Å². The molecule has 0 atom stereocenters. The fraction of sp³-hybridized carbons (Fsp3) is 0.429. The zero-order chi connectivity index (χ0) is 13.8. The van der Waals surface area contributed by atoms with Gasteiger partial charge in [-0.25, -0.2) is 13.1 Å². The van der Waals surface area contributed by atoms with Crippen LogP contribution in [0.25, 0.3) is 0 Å². The Morgan fingerprint density at radius 3 is 2.33 bits per heavy atom.